The molecule has 1 aliphatic rings. The number of nitrogens with zero attached hydrogens (tertiary/aromatic N) is 4. The maximum atomic E-state index is 13.7. The Bertz CT molecular complexity index is 1120. The van der Waals surface area contributed by atoms with Crippen LogP contribution in [-0.2, 0) is 22.6 Å². The van der Waals surface area contributed by atoms with Gasteiger partial charge in [-0.1, -0.05) is 0 Å². The van der Waals surface area contributed by atoms with Gasteiger partial charge < -0.3 is 15.2 Å². The van der Waals surface area contributed by atoms with E-state index in [4.69, 9.17) is 0 Å². The van der Waals surface area contributed by atoms with E-state index in [1.807, 2.05) is 32.0 Å². The van der Waals surface area contributed by atoms with Crippen LogP contribution < -0.4 is 5.32 Å². The summed E-state index contributed by atoms with van der Waals surface area (Å²) in [5, 5.41) is 7.86. The van der Waals surface area contributed by atoms with Crippen molar-refractivity contribution < 1.29 is 14.0 Å². The number of nitrogens with one attached hydrogen (secondary N) is 2. The number of amides is 2. The summed E-state index contributed by atoms with van der Waals surface area (Å²) < 4.78 is 15.5. The molecule has 0 spiro atoms. The fraction of sp³-hybridized carbons (Fsp3) is 0.409. The topological polar surface area (TPSA) is 86.3 Å². The maximum Gasteiger partial charge on any atom is 0.244 e. The van der Waals surface area contributed by atoms with Gasteiger partial charge in [0.15, 0.2) is 5.82 Å². The Balaban J connectivity index is 1.46. The lowest BCUT2D eigenvalue weighted by atomic mass is 10.1. The van der Waals surface area contributed by atoms with E-state index in [0.29, 0.717) is 25.5 Å². The van der Waals surface area contributed by atoms with E-state index in [1.54, 1.807) is 21.7 Å². The maximum absolute atomic E-state index is 13.7. The summed E-state index contributed by atoms with van der Waals surface area (Å²) in [5.74, 6) is -0.0942. The predicted octanol–water partition coefficient (Wildman–Crippen LogP) is 2.16. The highest BCUT2D eigenvalue weighted by Crippen LogP contribution is 2.24. The van der Waals surface area contributed by atoms with Crippen molar-refractivity contribution in [1.82, 2.24) is 24.6 Å². The smallest absolute Gasteiger partial charge is 0.244 e. The normalized spacial score (nSPS) is 17.3. The molecule has 0 radical (unpaired) electrons. The number of carbonyl (C=O) groups excluding carboxylic acids is 2. The zero-order valence-corrected chi connectivity index (χ0v) is 18.0. The van der Waals surface area contributed by atoms with Crippen LogP contribution in [0.25, 0.3) is 10.9 Å². The number of fused-ring (bicyclic) bond motifs is 1. The fourth-order valence-corrected chi connectivity index (χ4v) is 4.04. The molecular weight excluding hydrogens is 399 g/mol. The van der Waals surface area contributed by atoms with Crippen molar-refractivity contribution in [2.24, 2.45) is 0 Å². The quantitative estimate of drug-likeness (QED) is 0.655. The highest BCUT2D eigenvalue weighted by Gasteiger charge is 2.33. The van der Waals surface area contributed by atoms with Gasteiger partial charge in [-0.3, -0.25) is 19.2 Å². The van der Waals surface area contributed by atoms with E-state index in [1.165, 1.54) is 12.1 Å². The Hall–Kier alpha value is -3.20. The monoisotopic (exact) mass is 426 g/mol. The van der Waals surface area contributed by atoms with Crippen LogP contribution in [-0.4, -0.2) is 69.1 Å². The van der Waals surface area contributed by atoms with E-state index in [9.17, 15) is 14.0 Å². The molecule has 0 aliphatic carbocycles. The van der Waals surface area contributed by atoms with Crippen LogP contribution >= 0.6 is 0 Å². The number of hydrogen-bond acceptors (Lipinski definition) is 4. The first-order chi connectivity index (χ1) is 14.9. The first kappa shape index (κ1) is 21.0. The van der Waals surface area contributed by atoms with Crippen molar-refractivity contribution in [1.29, 1.82) is 0 Å². The lowest BCUT2D eigenvalue weighted by Crippen LogP contribution is -2.57. The number of hydrogen-bond donors (Lipinski definition) is 2. The van der Waals surface area contributed by atoms with Gasteiger partial charge in [0.25, 0.3) is 0 Å². The number of anilines is 1. The number of H-pyrrole nitrogens is 1. The summed E-state index contributed by atoms with van der Waals surface area (Å²) in [5.41, 5.74) is 2.46. The minimum Gasteiger partial charge on any atom is -0.358 e. The average molecular weight is 426 g/mol. The molecule has 4 rings (SSSR count). The van der Waals surface area contributed by atoms with Crippen LogP contribution in [0.3, 0.4) is 0 Å². The summed E-state index contributed by atoms with van der Waals surface area (Å²) >= 11 is 0. The first-order valence-electron chi connectivity index (χ1n) is 10.4. The molecule has 1 saturated heterocycles. The molecule has 8 nitrogen and oxygen atoms in total. The molecule has 2 aromatic heterocycles. The van der Waals surface area contributed by atoms with E-state index in [2.05, 4.69) is 15.4 Å². The summed E-state index contributed by atoms with van der Waals surface area (Å²) in [6.45, 7) is 6.01. The number of benzene rings is 1. The van der Waals surface area contributed by atoms with Crippen LogP contribution in [0.2, 0.25) is 0 Å². The highest BCUT2D eigenvalue weighted by molar-refractivity contribution is 5.95. The lowest BCUT2D eigenvalue weighted by Gasteiger charge is -2.38. The number of aromatic nitrogens is 3. The Morgan fingerprint density at radius 2 is 2.10 bits per heavy atom. The zero-order valence-electron chi connectivity index (χ0n) is 18.0. The van der Waals surface area contributed by atoms with Crippen LogP contribution in [0.1, 0.15) is 18.2 Å². The second kappa shape index (κ2) is 8.50. The number of rotatable bonds is 5. The molecule has 1 unspecified atom stereocenters. The molecule has 0 saturated carbocycles. The first-order valence-corrected chi connectivity index (χ1v) is 10.4. The molecule has 31 heavy (non-hydrogen) atoms. The molecule has 2 amide bonds. The number of halogens is 1. The second-order valence-electron chi connectivity index (χ2n) is 7.98. The predicted molar refractivity (Wildman–Crippen MR) is 116 cm³/mol. The van der Waals surface area contributed by atoms with Gasteiger partial charge in [-0.15, -0.1) is 0 Å². The van der Waals surface area contributed by atoms with Crippen molar-refractivity contribution in [2.45, 2.75) is 32.9 Å². The van der Waals surface area contributed by atoms with Crippen molar-refractivity contribution in [2.75, 3.05) is 32.0 Å². The third-order valence-corrected chi connectivity index (χ3v) is 5.93. The third-order valence-electron chi connectivity index (χ3n) is 5.93. The van der Waals surface area contributed by atoms with E-state index in [0.717, 1.165) is 28.7 Å². The largest absolute Gasteiger partial charge is 0.358 e. The van der Waals surface area contributed by atoms with Gasteiger partial charge in [0, 0.05) is 55.0 Å². The van der Waals surface area contributed by atoms with Gasteiger partial charge in [0.1, 0.15) is 11.9 Å². The molecule has 0 bridgehead atoms. The minimum atomic E-state index is -0.467. The lowest BCUT2D eigenvalue weighted by molar-refractivity contribution is -0.135. The van der Waals surface area contributed by atoms with Gasteiger partial charge in [0.2, 0.25) is 11.8 Å². The number of piperazine rings is 1. The summed E-state index contributed by atoms with van der Waals surface area (Å²) in [6.07, 6.45) is 1.97. The van der Waals surface area contributed by atoms with Crippen molar-refractivity contribution in [3.05, 3.63) is 47.5 Å². The molecule has 3 aromatic rings. The number of likely N-dealkylation sites (N-methyl/N-ethyl adjacent to an activating group) is 1. The second-order valence-corrected chi connectivity index (χ2v) is 7.98. The fourth-order valence-electron chi connectivity index (χ4n) is 4.04. The Morgan fingerprint density at radius 1 is 1.29 bits per heavy atom. The van der Waals surface area contributed by atoms with E-state index in [-0.39, 0.29) is 24.1 Å². The van der Waals surface area contributed by atoms with Crippen LogP contribution in [0.15, 0.2) is 30.5 Å². The van der Waals surface area contributed by atoms with Crippen LogP contribution in [0, 0.1) is 12.7 Å². The van der Waals surface area contributed by atoms with Crippen LogP contribution in [0.4, 0.5) is 10.2 Å². The number of carbonyl (C=O) groups is 2. The summed E-state index contributed by atoms with van der Waals surface area (Å²) in [7, 11) is 1.88. The van der Waals surface area contributed by atoms with Crippen molar-refractivity contribution in [3.8, 4) is 0 Å². The Kier molecular flexibility index (Phi) is 5.77. The van der Waals surface area contributed by atoms with Gasteiger partial charge in [-0.25, -0.2) is 4.39 Å². The van der Waals surface area contributed by atoms with Gasteiger partial charge in [-0.2, -0.15) is 5.10 Å². The van der Waals surface area contributed by atoms with E-state index >= 15 is 0 Å². The standard InChI is InChI=1S/C22H27FN6O2/c1-4-29-8-7-20(26-29)25-22(31)19-13-28(10-9-27(19)3)21(30)12-16-14(2)24-18-6-5-15(23)11-17(16)18/h5-8,11,19,24H,4,9-10,12-13H2,1-3H3,(H,25,26,31). The SMILES string of the molecule is CCn1ccc(NC(=O)C2CN(C(=O)Cc3c(C)[nH]c4ccc(F)cc34)CCN2C)n1. The minimum absolute atomic E-state index is 0.0746. The van der Waals surface area contributed by atoms with Gasteiger partial charge in [-0.05, 0) is 44.7 Å². The third kappa shape index (κ3) is 4.32. The van der Waals surface area contributed by atoms with Gasteiger partial charge in [0.05, 0.1) is 6.42 Å². The molecule has 1 atom stereocenters. The molecule has 3 heterocycles. The molecule has 1 aromatic carbocycles. The molecule has 2 N–H and O–H groups in total. The summed E-state index contributed by atoms with van der Waals surface area (Å²) in [6, 6.07) is 5.83. The molecule has 9 heteroatoms. The molecule has 1 fully saturated rings. The number of aromatic amines is 1. The Labute approximate surface area is 180 Å². The zero-order chi connectivity index (χ0) is 22.1. The van der Waals surface area contributed by atoms with Crippen molar-refractivity contribution in [3.63, 3.8) is 0 Å². The Morgan fingerprint density at radius 3 is 2.84 bits per heavy atom. The van der Waals surface area contributed by atoms with E-state index < -0.39 is 6.04 Å². The van der Waals surface area contributed by atoms with Gasteiger partial charge >= 0.3 is 0 Å². The molecular formula is C22H27FN6O2. The highest BCUT2D eigenvalue weighted by atomic mass is 19.1. The van der Waals surface area contributed by atoms with Crippen LogP contribution in [0.5, 0.6) is 0 Å². The van der Waals surface area contributed by atoms with Crippen molar-refractivity contribution >= 4 is 28.5 Å². The summed E-state index contributed by atoms with van der Waals surface area (Å²) in [4.78, 5) is 32.8. The molecule has 164 valence electrons. The molecule has 1 aliphatic heterocycles. The number of aryl methyl sites for hydroxylation is 2. The average Bonchev–Trinajstić information content (AvgIpc) is 3.32.